The molecular formula is C12H27NO2. The number of hydrogen-bond acceptors (Lipinski definition) is 3. The van der Waals surface area contributed by atoms with E-state index >= 15 is 0 Å². The zero-order valence-corrected chi connectivity index (χ0v) is 10.7. The lowest BCUT2D eigenvalue weighted by Crippen LogP contribution is -2.28. The van der Waals surface area contributed by atoms with Crippen molar-refractivity contribution >= 4 is 0 Å². The Kier molecular flexibility index (Phi) is 10.3. The summed E-state index contributed by atoms with van der Waals surface area (Å²) in [5, 5.41) is 3.47. The molecule has 0 fully saturated rings. The normalized spacial score (nSPS) is 13.4. The molecule has 3 nitrogen and oxygen atoms in total. The molecular weight excluding hydrogens is 190 g/mol. The van der Waals surface area contributed by atoms with E-state index in [1.807, 2.05) is 0 Å². The number of hydrogen-bond donors (Lipinski definition) is 1. The largest absolute Gasteiger partial charge is 0.385 e. The fraction of sp³-hybridized carbons (Fsp3) is 1.00. The first-order valence-corrected chi connectivity index (χ1v) is 6.00. The van der Waals surface area contributed by atoms with Crippen LogP contribution in [0.1, 0.15) is 40.0 Å². The van der Waals surface area contributed by atoms with Crippen LogP contribution in [0.4, 0.5) is 0 Å². The van der Waals surface area contributed by atoms with Gasteiger partial charge in [0, 0.05) is 26.4 Å². The standard InChI is InChI=1S/C12H27NO2/c1-11(2)15-9-6-5-8-13-12(3)7-10-14-4/h11-13H,5-10H2,1-4H3. The molecule has 0 aromatic heterocycles. The second-order valence-electron chi connectivity index (χ2n) is 4.26. The van der Waals surface area contributed by atoms with Crippen molar-refractivity contribution in [1.82, 2.24) is 5.32 Å². The molecule has 0 saturated carbocycles. The summed E-state index contributed by atoms with van der Waals surface area (Å²) in [6, 6.07) is 0.552. The third-order valence-corrected chi connectivity index (χ3v) is 2.27. The maximum absolute atomic E-state index is 5.47. The smallest absolute Gasteiger partial charge is 0.0518 e. The molecule has 1 atom stereocenters. The lowest BCUT2D eigenvalue weighted by molar-refractivity contribution is 0.0759. The molecule has 0 rings (SSSR count). The van der Waals surface area contributed by atoms with Crippen LogP contribution in [0.5, 0.6) is 0 Å². The summed E-state index contributed by atoms with van der Waals surface area (Å²) in [6.45, 7) is 9.14. The molecule has 1 N–H and O–H groups in total. The summed E-state index contributed by atoms with van der Waals surface area (Å²) < 4.78 is 10.5. The van der Waals surface area contributed by atoms with Gasteiger partial charge in [0.1, 0.15) is 0 Å². The first-order chi connectivity index (χ1) is 7.16. The third-order valence-electron chi connectivity index (χ3n) is 2.27. The van der Waals surface area contributed by atoms with Gasteiger partial charge in [-0.2, -0.15) is 0 Å². The van der Waals surface area contributed by atoms with Crippen LogP contribution in [0.2, 0.25) is 0 Å². The van der Waals surface area contributed by atoms with Crippen LogP contribution in [-0.2, 0) is 9.47 Å². The van der Waals surface area contributed by atoms with Crippen molar-refractivity contribution < 1.29 is 9.47 Å². The molecule has 0 aliphatic heterocycles. The Balaban J connectivity index is 3.09. The number of nitrogens with one attached hydrogen (secondary N) is 1. The minimum Gasteiger partial charge on any atom is -0.385 e. The van der Waals surface area contributed by atoms with Gasteiger partial charge in [0.15, 0.2) is 0 Å². The van der Waals surface area contributed by atoms with Crippen LogP contribution in [0.3, 0.4) is 0 Å². The summed E-state index contributed by atoms with van der Waals surface area (Å²) in [5.74, 6) is 0. The Morgan fingerprint density at radius 2 is 1.80 bits per heavy atom. The highest BCUT2D eigenvalue weighted by Crippen LogP contribution is 1.95. The number of methoxy groups -OCH3 is 1. The first kappa shape index (κ1) is 14.9. The number of ether oxygens (including phenoxy) is 2. The summed E-state index contributed by atoms with van der Waals surface area (Å²) in [5.41, 5.74) is 0. The van der Waals surface area contributed by atoms with Gasteiger partial charge >= 0.3 is 0 Å². The van der Waals surface area contributed by atoms with Gasteiger partial charge in [0.25, 0.3) is 0 Å². The summed E-state index contributed by atoms with van der Waals surface area (Å²) in [4.78, 5) is 0. The molecule has 3 heteroatoms. The predicted octanol–water partition coefficient (Wildman–Crippen LogP) is 2.21. The van der Waals surface area contributed by atoms with E-state index in [2.05, 4.69) is 26.1 Å². The van der Waals surface area contributed by atoms with Crippen LogP contribution >= 0.6 is 0 Å². The monoisotopic (exact) mass is 217 g/mol. The zero-order valence-electron chi connectivity index (χ0n) is 10.7. The number of rotatable bonds is 10. The topological polar surface area (TPSA) is 30.5 Å². The lowest BCUT2D eigenvalue weighted by Gasteiger charge is -2.13. The minimum atomic E-state index is 0.360. The highest BCUT2D eigenvalue weighted by atomic mass is 16.5. The van der Waals surface area contributed by atoms with Crippen molar-refractivity contribution in [3.63, 3.8) is 0 Å². The Bertz CT molecular complexity index is 129. The molecule has 0 heterocycles. The Morgan fingerprint density at radius 3 is 2.40 bits per heavy atom. The lowest BCUT2D eigenvalue weighted by atomic mass is 10.2. The van der Waals surface area contributed by atoms with Crippen molar-refractivity contribution in [3.05, 3.63) is 0 Å². The molecule has 0 bridgehead atoms. The van der Waals surface area contributed by atoms with Crippen LogP contribution in [0.15, 0.2) is 0 Å². The zero-order chi connectivity index (χ0) is 11.5. The van der Waals surface area contributed by atoms with Gasteiger partial charge in [-0.05, 0) is 46.6 Å². The van der Waals surface area contributed by atoms with Gasteiger partial charge in [-0.3, -0.25) is 0 Å². The van der Waals surface area contributed by atoms with Crippen molar-refractivity contribution in [2.24, 2.45) is 0 Å². The Labute approximate surface area is 94.5 Å². The van der Waals surface area contributed by atoms with Crippen LogP contribution in [-0.4, -0.2) is 39.0 Å². The van der Waals surface area contributed by atoms with Crippen LogP contribution in [0.25, 0.3) is 0 Å². The molecule has 0 aliphatic rings. The van der Waals surface area contributed by atoms with E-state index in [1.54, 1.807) is 7.11 Å². The second-order valence-corrected chi connectivity index (χ2v) is 4.26. The molecule has 15 heavy (non-hydrogen) atoms. The second kappa shape index (κ2) is 10.4. The maximum atomic E-state index is 5.47. The molecule has 0 aliphatic carbocycles. The van der Waals surface area contributed by atoms with E-state index in [4.69, 9.17) is 9.47 Å². The fourth-order valence-electron chi connectivity index (χ4n) is 1.29. The quantitative estimate of drug-likeness (QED) is 0.569. The Hall–Kier alpha value is -0.120. The van der Waals surface area contributed by atoms with Crippen molar-refractivity contribution in [1.29, 1.82) is 0 Å². The first-order valence-electron chi connectivity index (χ1n) is 6.00. The number of unbranched alkanes of at least 4 members (excludes halogenated alkanes) is 1. The van der Waals surface area contributed by atoms with Crippen LogP contribution in [0, 0.1) is 0 Å². The van der Waals surface area contributed by atoms with E-state index < -0.39 is 0 Å². The van der Waals surface area contributed by atoms with Crippen molar-refractivity contribution in [3.8, 4) is 0 Å². The van der Waals surface area contributed by atoms with E-state index in [9.17, 15) is 0 Å². The summed E-state index contributed by atoms with van der Waals surface area (Å²) in [7, 11) is 1.75. The van der Waals surface area contributed by atoms with E-state index in [0.717, 1.165) is 32.6 Å². The van der Waals surface area contributed by atoms with Crippen LogP contribution < -0.4 is 5.32 Å². The van der Waals surface area contributed by atoms with Gasteiger partial charge in [-0.25, -0.2) is 0 Å². The van der Waals surface area contributed by atoms with Gasteiger partial charge in [-0.1, -0.05) is 0 Å². The summed E-state index contributed by atoms with van der Waals surface area (Å²) >= 11 is 0. The van der Waals surface area contributed by atoms with Crippen molar-refractivity contribution in [2.75, 3.05) is 26.9 Å². The van der Waals surface area contributed by atoms with Gasteiger partial charge in [0.05, 0.1) is 6.10 Å². The fourth-order valence-corrected chi connectivity index (χ4v) is 1.29. The molecule has 0 spiro atoms. The highest BCUT2D eigenvalue weighted by molar-refractivity contribution is 4.59. The molecule has 0 aromatic carbocycles. The Morgan fingerprint density at radius 1 is 1.07 bits per heavy atom. The molecule has 0 saturated heterocycles. The minimum absolute atomic E-state index is 0.360. The summed E-state index contributed by atoms with van der Waals surface area (Å²) in [6.07, 6.45) is 3.77. The van der Waals surface area contributed by atoms with Crippen molar-refractivity contribution in [2.45, 2.75) is 52.2 Å². The van der Waals surface area contributed by atoms with Gasteiger partial charge in [0.2, 0.25) is 0 Å². The van der Waals surface area contributed by atoms with E-state index in [1.165, 1.54) is 6.42 Å². The maximum Gasteiger partial charge on any atom is 0.0518 e. The predicted molar refractivity (Wildman–Crippen MR) is 64.3 cm³/mol. The third kappa shape index (κ3) is 11.8. The van der Waals surface area contributed by atoms with E-state index in [-0.39, 0.29) is 0 Å². The average molecular weight is 217 g/mol. The van der Waals surface area contributed by atoms with Gasteiger partial charge < -0.3 is 14.8 Å². The highest BCUT2D eigenvalue weighted by Gasteiger charge is 1.99. The SMILES string of the molecule is COCCC(C)NCCCCOC(C)C. The van der Waals surface area contributed by atoms with Gasteiger partial charge in [-0.15, -0.1) is 0 Å². The molecule has 0 amide bonds. The molecule has 92 valence electrons. The molecule has 1 unspecified atom stereocenters. The van der Waals surface area contributed by atoms with E-state index in [0.29, 0.717) is 12.1 Å². The average Bonchev–Trinajstić information content (AvgIpc) is 2.19. The molecule has 0 radical (unpaired) electrons. The molecule has 0 aromatic rings.